The Bertz CT molecular complexity index is 312. The number of unbranched alkanes of at least 4 members (excludes halogenated alkanes) is 1. The Hall–Kier alpha value is -0.890. The van der Waals surface area contributed by atoms with Gasteiger partial charge in [-0.3, -0.25) is 4.79 Å². The molecule has 0 N–H and O–H groups in total. The van der Waals surface area contributed by atoms with Crippen molar-refractivity contribution in [1.29, 1.82) is 0 Å². The minimum atomic E-state index is 0.275. The standard InChI is InChI=1S/C12H16OS/c1-3-5-6-7-11(13)12-9-8-10(4-2)14-12/h3,8-9H,1,4-7H2,2H3. The molecule has 1 rings (SSSR count). The summed E-state index contributed by atoms with van der Waals surface area (Å²) in [6.07, 6.45) is 5.37. The van der Waals surface area contributed by atoms with Gasteiger partial charge in [0, 0.05) is 11.3 Å². The van der Waals surface area contributed by atoms with Gasteiger partial charge in [0.25, 0.3) is 0 Å². The molecule has 0 saturated heterocycles. The molecule has 1 aromatic rings. The van der Waals surface area contributed by atoms with Crippen LogP contribution in [0.2, 0.25) is 0 Å². The van der Waals surface area contributed by atoms with Gasteiger partial charge in [-0.15, -0.1) is 17.9 Å². The summed E-state index contributed by atoms with van der Waals surface area (Å²) in [5, 5.41) is 0. The van der Waals surface area contributed by atoms with E-state index in [1.165, 1.54) is 4.88 Å². The highest BCUT2D eigenvalue weighted by atomic mass is 32.1. The molecule has 1 heterocycles. The average molecular weight is 208 g/mol. The number of ketones is 1. The molecule has 0 fully saturated rings. The topological polar surface area (TPSA) is 17.1 Å². The average Bonchev–Trinajstić information content (AvgIpc) is 2.66. The van der Waals surface area contributed by atoms with Crippen LogP contribution in [0.5, 0.6) is 0 Å². The van der Waals surface area contributed by atoms with E-state index in [2.05, 4.69) is 13.5 Å². The van der Waals surface area contributed by atoms with Crippen LogP contribution in [-0.4, -0.2) is 5.78 Å². The highest BCUT2D eigenvalue weighted by Crippen LogP contribution is 2.19. The number of carbonyl (C=O) groups is 1. The van der Waals surface area contributed by atoms with Crippen LogP contribution in [0.15, 0.2) is 24.8 Å². The number of hydrogen-bond donors (Lipinski definition) is 0. The van der Waals surface area contributed by atoms with Crippen molar-refractivity contribution in [2.75, 3.05) is 0 Å². The second-order valence-corrected chi connectivity index (χ2v) is 4.39. The van der Waals surface area contributed by atoms with E-state index in [9.17, 15) is 4.79 Å². The van der Waals surface area contributed by atoms with E-state index in [1.807, 2.05) is 18.2 Å². The highest BCUT2D eigenvalue weighted by Gasteiger charge is 2.07. The number of thiophene rings is 1. The van der Waals surface area contributed by atoms with Crippen molar-refractivity contribution < 1.29 is 4.79 Å². The van der Waals surface area contributed by atoms with Gasteiger partial charge in [-0.2, -0.15) is 0 Å². The summed E-state index contributed by atoms with van der Waals surface area (Å²) in [6, 6.07) is 3.99. The molecule has 0 aromatic carbocycles. The Morgan fingerprint density at radius 3 is 2.93 bits per heavy atom. The van der Waals surface area contributed by atoms with E-state index in [1.54, 1.807) is 11.3 Å². The lowest BCUT2D eigenvalue weighted by Crippen LogP contribution is -1.94. The number of carbonyl (C=O) groups excluding carboxylic acids is 1. The number of aryl methyl sites for hydroxylation is 1. The van der Waals surface area contributed by atoms with E-state index < -0.39 is 0 Å². The smallest absolute Gasteiger partial charge is 0.172 e. The van der Waals surface area contributed by atoms with Crippen LogP contribution in [0.1, 0.15) is 40.7 Å². The van der Waals surface area contributed by atoms with Crippen molar-refractivity contribution in [2.45, 2.75) is 32.6 Å². The molecule has 14 heavy (non-hydrogen) atoms. The first-order valence-electron chi connectivity index (χ1n) is 5.00. The summed E-state index contributed by atoms with van der Waals surface area (Å²) in [7, 11) is 0. The molecule has 0 saturated carbocycles. The molecule has 0 bridgehead atoms. The van der Waals surface area contributed by atoms with Crippen LogP contribution in [0, 0.1) is 0 Å². The summed E-state index contributed by atoms with van der Waals surface area (Å²) >= 11 is 1.62. The predicted octanol–water partition coefficient (Wildman–Crippen LogP) is 3.85. The first-order chi connectivity index (χ1) is 6.77. The van der Waals surface area contributed by atoms with E-state index in [-0.39, 0.29) is 5.78 Å². The fourth-order valence-electron chi connectivity index (χ4n) is 1.25. The normalized spacial score (nSPS) is 10.1. The Morgan fingerprint density at radius 2 is 2.36 bits per heavy atom. The molecule has 0 amide bonds. The van der Waals surface area contributed by atoms with Crippen LogP contribution in [0.25, 0.3) is 0 Å². The lowest BCUT2D eigenvalue weighted by atomic mass is 10.1. The van der Waals surface area contributed by atoms with Crippen LogP contribution in [-0.2, 0) is 6.42 Å². The lowest BCUT2D eigenvalue weighted by Gasteiger charge is -1.94. The first kappa shape index (κ1) is 11.2. The maximum Gasteiger partial charge on any atom is 0.172 e. The summed E-state index contributed by atoms with van der Waals surface area (Å²) < 4.78 is 0. The molecule has 0 atom stereocenters. The zero-order chi connectivity index (χ0) is 10.4. The van der Waals surface area contributed by atoms with Crippen LogP contribution >= 0.6 is 11.3 Å². The van der Waals surface area contributed by atoms with Gasteiger partial charge in [0.1, 0.15) is 0 Å². The Balaban J connectivity index is 2.47. The zero-order valence-corrected chi connectivity index (χ0v) is 9.40. The van der Waals surface area contributed by atoms with Crippen molar-refractivity contribution in [3.05, 3.63) is 34.5 Å². The second kappa shape index (κ2) is 5.76. The lowest BCUT2D eigenvalue weighted by molar-refractivity contribution is 0.0984. The third-order valence-corrected chi connectivity index (χ3v) is 3.37. The number of rotatable bonds is 6. The maximum absolute atomic E-state index is 11.6. The van der Waals surface area contributed by atoms with E-state index in [4.69, 9.17) is 0 Å². The van der Waals surface area contributed by atoms with Gasteiger partial charge in [-0.1, -0.05) is 13.0 Å². The Labute approximate surface area is 89.5 Å². The van der Waals surface area contributed by atoms with Gasteiger partial charge in [-0.25, -0.2) is 0 Å². The van der Waals surface area contributed by atoms with Gasteiger partial charge in [0.05, 0.1) is 4.88 Å². The largest absolute Gasteiger partial charge is 0.293 e. The molecule has 0 aliphatic rings. The third kappa shape index (κ3) is 3.11. The molecule has 0 spiro atoms. The van der Waals surface area contributed by atoms with Crippen LogP contribution in [0.3, 0.4) is 0 Å². The fourth-order valence-corrected chi connectivity index (χ4v) is 2.16. The van der Waals surface area contributed by atoms with Crippen molar-refractivity contribution >= 4 is 17.1 Å². The highest BCUT2D eigenvalue weighted by molar-refractivity contribution is 7.14. The van der Waals surface area contributed by atoms with Gasteiger partial charge < -0.3 is 0 Å². The Kier molecular flexibility index (Phi) is 4.60. The Morgan fingerprint density at radius 1 is 1.57 bits per heavy atom. The number of Topliss-reactive ketones (excluding diaryl/α,β-unsaturated/α-hetero) is 1. The third-order valence-electron chi connectivity index (χ3n) is 2.10. The molecular formula is C12H16OS. The number of hydrogen-bond acceptors (Lipinski definition) is 2. The molecule has 2 heteroatoms. The summed E-state index contributed by atoms with van der Waals surface area (Å²) in [4.78, 5) is 13.8. The van der Waals surface area contributed by atoms with Crippen LogP contribution in [0.4, 0.5) is 0 Å². The van der Waals surface area contributed by atoms with Crippen molar-refractivity contribution in [1.82, 2.24) is 0 Å². The number of allylic oxidation sites excluding steroid dienone is 1. The zero-order valence-electron chi connectivity index (χ0n) is 8.58. The van der Waals surface area contributed by atoms with Crippen molar-refractivity contribution in [3.8, 4) is 0 Å². The fraction of sp³-hybridized carbons (Fsp3) is 0.417. The summed E-state index contributed by atoms with van der Waals surface area (Å²) in [5.41, 5.74) is 0. The van der Waals surface area contributed by atoms with Crippen molar-refractivity contribution in [2.24, 2.45) is 0 Å². The van der Waals surface area contributed by atoms with Gasteiger partial charge in [0.15, 0.2) is 5.78 Å². The molecule has 1 aromatic heterocycles. The molecular weight excluding hydrogens is 192 g/mol. The summed E-state index contributed by atoms with van der Waals surface area (Å²) in [6.45, 7) is 5.75. The molecule has 0 radical (unpaired) electrons. The predicted molar refractivity (Wildman–Crippen MR) is 62.1 cm³/mol. The minimum Gasteiger partial charge on any atom is -0.293 e. The maximum atomic E-state index is 11.6. The van der Waals surface area contributed by atoms with Gasteiger partial charge in [0.2, 0.25) is 0 Å². The summed E-state index contributed by atoms with van der Waals surface area (Å²) in [5.74, 6) is 0.275. The monoisotopic (exact) mass is 208 g/mol. The molecule has 0 aliphatic heterocycles. The SMILES string of the molecule is C=CCCCC(=O)c1ccc(CC)s1. The minimum absolute atomic E-state index is 0.275. The van der Waals surface area contributed by atoms with Gasteiger partial charge in [-0.05, 0) is 31.4 Å². The second-order valence-electron chi connectivity index (χ2n) is 3.22. The van der Waals surface area contributed by atoms with E-state index in [0.29, 0.717) is 6.42 Å². The molecule has 1 nitrogen and oxygen atoms in total. The van der Waals surface area contributed by atoms with E-state index >= 15 is 0 Å². The van der Waals surface area contributed by atoms with E-state index in [0.717, 1.165) is 24.1 Å². The molecule has 0 unspecified atom stereocenters. The van der Waals surface area contributed by atoms with Gasteiger partial charge >= 0.3 is 0 Å². The quantitative estimate of drug-likeness (QED) is 0.394. The van der Waals surface area contributed by atoms with Crippen molar-refractivity contribution in [3.63, 3.8) is 0 Å². The first-order valence-corrected chi connectivity index (χ1v) is 5.82. The molecule has 0 aliphatic carbocycles. The van der Waals surface area contributed by atoms with Crippen LogP contribution < -0.4 is 0 Å². The molecule has 76 valence electrons.